The number of carboxylic acid groups (broad SMARTS) is 1. The van der Waals surface area contributed by atoms with E-state index in [0.29, 0.717) is 36.0 Å². The quantitative estimate of drug-likeness (QED) is 0.463. The van der Waals surface area contributed by atoms with Gasteiger partial charge in [-0.2, -0.15) is 18.4 Å². The van der Waals surface area contributed by atoms with E-state index in [2.05, 4.69) is 25.9 Å². The molecular weight excluding hydrogens is 445 g/mol. The molecule has 0 atom stereocenters. The van der Waals surface area contributed by atoms with E-state index < -0.39 is 12.1 Å². The van der Waals surface area contributed by atoms with Crippen LogP contribution in [0.2, 0.25) is 0 Å². The summed E-state index contributed by atoms with van der Waals surface area (Å²) in [5, 5.41) is 33.7. The first kappa shape index (κ1) is 23.5. The third-order valence-corrected chi connectivity index (χ3v) is 4.71. The number of carboxylic acids is 1. The zero-order chi connectivity index (χ0) is 24.0. The molecule has 10 nitrogen and oxygen atoms in total. The molecule has 0 saturated heterocycles. The van der Waals surface area contributed by atoms with Crippen molar-refractivity contribution in [1.29, 1.82) is 0 Å². The van der Waals surface area contributed by atoms with Crippen LogP contribution in [0, 0.1) is 0 Å². The molecule has 2 aromatic carbocycles. The summed E-state index contributed by atoms with van der Waals surface area (Å²) in [6.07, 6.45) is -3.50. The van der Waals surface area contributed by atoms with Crippen molar-refractivity contribution < 1.29 is 33.0 Å². The van der Waals surface area contributed by atoms with E-state index in [1.807, 2.05) is 29.2 Å². The second-order valence-corrected chi connectivity index (χ2v) is 6.99. The van der Waals surface area contributed by atoms with Crippen LogP contribution in [0.5, 0.6) is 5.75 Å². The molecule has 0 radical (unpaired) electrons. The van der Waals surface area contributed by atoms with Gasteiger partial charge >= 0.3 is 12.1 Å². The van der Waals surface area contributed by atoms with Gasteiger partial charge in [-0.15, -0.1) is 5.10 Å². The van der Waals surface area contributed by atoms with Crippen LogP contribution in [0.25, 0.3) is 0 Å². The van der Waals surface area contributed by atoms with Gasteiger partial charge in [0.05, 0.1) is 0 Å². The van der Waals surface area contributed by atoms with Crippen LogP contribution < -0.4 is 5.32 Å². The van der Waals surface area contributed by atoms with Crippen LogP contribution in [0.3, 0.4) is 0 Å². The SMILES string of the molecule is O=C(O)C(F)(F)F.O=C(c1cccc(Nc2nn[nH]n2)c1)N1CCCc2c(O)cccc2C1. The van der Waals surface area contributed by atoms with Crippen LogP contribution in [-0.4, -0.2) is 60.3 Å². The van der Waals surface area contributed by atoms with Gasteiger partial charge in [0, 0.05) is 24.3 Å². The normalized spacial score (nSPS) is 13.2. The number of hydrogen-bond acceptors (Lipinski definition) is 7. The number of carbonyl (C=O) groups is 2. The van der Waals surface area contributed by atoms with Crippen molar-refractivity contribution in [2.24, 2.45) is 0 Å². The zero-order valence-corrected chi connectivity index (χ0v) is 17.0. The highest BCUT2D eigenvalue weighted by Gasteiger charge is 2.38. The van der Waals surface area contributed by atoms with Gasteiger partial charge < -0.3 is 20.4 Å². The number of amides is 1. The highest BCUT2D eigenvalue weighted by Crippen LogP contribution is 2.27. The fraction of sp³-hybridized carbons (Fsp3) is 0.250. The Labute approximate surface area is 185 Å². The molecular formula is C20H19F3N6O4. The number of phenols is 1. The minimum absolute atomic E-state index is 0.0436. The van der Waals surface area contributed by atoms with Crippen LogP contribution in [0.1, 0.15) is 27.9 Å². The first-order chi connectivity index (χ1) is 15.6. The van der Waals surface area contributed by atoms with Crippen molar-refractivity contribution in [2.45, 2.75) is 25.6 Å². The largest absolute Gasteiger partial charge is 0.508 e. The Kier molecular flexibility index (Phi) is 7.10. The van der Waals surface area contributed by atoms with Crippen LogP contribution >= 0.6 is 0 Å². The molecule has 0 fully saturated rings. The summed E-state index contributed by atoms with van der Waals surface area (Å²) in [7, 11) is 0. The predicted octanol–water partition coefficient (Wildman–Crippen LogP) is 2.87. The number of aromatic hydroxyl groups is 1. The first-order valence-corrected chi connectivity index (χ1v) is 9.65. The third-order valence-electron chi connectivity index (χ3n) is 4.71. The molecule has 1 aliphatic rings. The third kappa shape index (κ3) is 6.18. The lowest BCUT2D eigenvalue weighted by Gasteiger charge is -2.21. The van der Waals surface area contributed by atoms with Crippen LogP contribution in [0.15, 0.2) is 42.5 Å². The summed E-state index contributed by atoms with van der Waals surface area (Å²) in [6.45, 7) is 1.14. The number of fused-ring (bicyclic) bond motifs is 1. The Morgan fingerprint density at radius 2 is 1.88 bits per heavy atom. The molecule has 3 aromatic rings. The Hall–Kier alpha value is -4.16. The second kappa shape index (κ2) is 9.97. The summed E-state index contributed by atoms with van der Waals surface area (Å²) < 4.78 is 31.7. The average molecular weight is 464 g/mol. The molecule has 4 rings (SSSR count). The van der Waals surface area contributed by atoms with E-state index in [9.17, 15) is 23.1 Å². The Morgan fingerprint density at radius 3 is 2.55 bits per heavy atom. The van der Waals surface area contributed by atoms with Gasteiger partial charge in [0.2, 0.25) is 0 Å². The molecule has 0 aliphatic carbocycles. The topological polar surface area (TPSA) is 144 Å². The van der Waals surface area contributed by atoms with Gasteiger partial charge in [0.25, 0.3) is 11.9 Å². The smallest absolute Gasteiger partial charge is 0.490 e. The molecule has 1 amide bonds. The fourth-order valence-corrected chi connectivity index (χ4v) is 3.22. The molecule has 0 unspecified atom stereocenters. The summed E-state index contributed by atoms with van der Waals surface area (Å²) in [5.41, 5.74) is 3.24. The summed E-state index contributed by atoms with van der Waals surface area (Å²) in [4.78, 5) is 23.7. The van der Waals surface area contributed by atoms with Crippen LogP contribution in [-0.2, 0) is 17.8 Å². The van der Waals surface area contributed by atoms with Gasteiger partial charge in [0.1, 0.15) is 5.75 Å². The van der Waals surface area contributed by atoms with Gasteiger partial charge in [0.15, 0.2) is 0 Å². The standard InChI is InChI=1S/C18H18N6O2.C2HF3O2/c25-16-8-2-5-13-11-24(9-3-7-15(13)16)17(26)12-4-1-6-14(10-12)19-18-20-22-23-21-18;3-2(4,5)1(6)7/h1-2,4-6,8,10,25H,3,7,9,11H2,(H2,19,20,21,22,23);(H,6,7). The molecule has 1 aromatic heterocycles. The van der Waals surface area contributed by atoms with Gasteiger partial charge in [-0.05, 0) is 53.4 Å². The van der Waals surface area contributed by atoms with E-state index in [-0.39, 0.29) is 5.91 Å². The zero-order valence-electron chi connectivity index (χ0n) is 17.0. The van der Waals surface area contributed by atoms with Crippen molar-refractivity contribution in [1.82, 2.24) is 25.5 Å². The fourth-order valence-electron chi connectivity index (χ4n) is 3.22. The number of aromatic amines is 1. The number of aliphatic carboxylic acids is 1. The molecule has 0 saturated carbocycles. The van der Waals surface area contributed by atoms with Gasteiger partial charge in [-0.3, -0.25) is 4.79 Å². The number of nitrogens with one attached hydrogen (secondary N) is 2. The number of halogens is 3. The van der Waals surface area contributed by atoms with Crippen molar-refractivity contribution in [2.75, 3.05) is 11.9 Å². The molecule has 13 heteroatoms. The number of phenolic OH excluding ortho intramolecular Hbond substituents is 1. The molecule has 33 heavy (non-hydrogen) atoms. The summed E-state index contributed by atoms with van der Waals surface area (Å²) in [6, 6.07) is 12.7. The summed E-state index contributed by atoms with van der Waals surface area (Å²) in [5.74, 6) is -2.15. The maximum Gasteiger partial charge on any atom is 0.490 e. The predicted molar refractivity (Wildman–Crippen MR) is 109 cm³/mol. The van der Waals surface area contributed by atoms with Crippen molar-refractivity contribution in [3.05, 3.63) is 59.2 Å². The lowest BCUT2D eigenvalue weighted by Crippen LogP contribution is -2.30. The number of hydrogen-bond donors (Lipinski definition) is 4. The molecule has 1 aliphatic heterocycles. The number of anilines is 2. The number of aromatic nitrogens is 4. The molecule has 4 N–H and O–H groups in total. The number of carbonyl (C=O) groups excluding carboxylic acids is 1. The number of tetrazole rings is 1. The molecule has 174 valence electrons. The monoisotopic (exact) mass is 464 g/mol. The Morgan fingerprint density at radius 1 is 1.15 bits per heavy atom. The average Bonchev–Trinajstić information content (AvgIpc) is 3.17. The van der Waals surface area contributed by atoms with Gasteiger partial charge in [-0.25, -0.2) is 4.79 Å². The number of nitrogens with zero attached hydrogens (tertiary/aromatic N) is 4. The molecule has 0 spiro atoms. The maximum absolute atomic E-state index is 13.0. The van der Waals surface area contributed by atoms with Crippen molar-refractivity contribution in [3.63, 3.8) is 0 Å². The lowest BCUT2D eigenvalue weighted by atomic mass is 10.0. The lowest BCUT2D eigenvalue weighted by molar-refractivity contribution is -0.192. The summed E-state index contributed by atoms with van der Waals surface area (Å²) >= 11 is 0. The number of benzene rings is 2. The minimum atomic E-state index is -5.08. The van der Waals surface area contributed by atoms with E-state index in [1.54, 1.807) is 18.2 Å². The van der Waals surface area contributed by atoms with E-state index >= 15 is 0 Å². The number of rotatable bonds is 3. The highest BCUT2D eigenvalue weighted by atomic mass is 19.4. The second-order valence-electron chi connectivity index (χ2n) is 6.99. The molecule has 0 bridgehead atoms. The molecule has 2 heterocycles. The van der Waals surface area contributed by atoms with E-state index in [4.69, 9.17) is 9.90 Å². The Bertz CT molecular complexity index is 1120. The number of alkyl halides is 3. The Balaban J connectivity index is 0.000000383. The number of H-pyrrole nitrogens is 1. The minimum Gasteiger partial charge on any atom is -0.508 e. The van der Waals surface area contributed by atoms with Crippen molar-refractivity contribution >= 4 is 23.5 Å². The van der Waals surface area contributed by atoms with Gasteiger partial charge in [-0.1, -0.05) is 23.3 Å². The van der Waals surface area contributed by atoms with E-state index in [0.717, 1.165) is 24.0 Å². The van der Waals surface area contributed by atoms with E-state index in [1.165, 1.54) is 0 Å². The maximum atomic E-state index is 13.0. The van der Waals surface area contributed by atoms with Crippen molar-refractivity contribution in [3.8, 4) is 5.75 Å². The van der Waals surface area contributed by atoms with Crippen LogP contribution in [0.4, 0.5) is 24.8 Å². The first-order valence-electron chi connectivity index (χ1n) is 9.65. The highest BCUT2D eigenvalue weighted by molar-refractivity contribution is 5.95.